The summed E-state index contributed by atoms with van der Waals surface area (Å²) in [5.74, 6) is -1.49. The van der Waals surface area contributed by atoms with Crippen LogP contribution >= 0.6 is 0 Å². The number of ether oxygens (including phenoxy) is 1. The molecule has 1 aliphatic rings. The van der Waals surface area contributed by atoms with E-state index in [0.29, 0.717) is 26.0 Å². The minimum Gasteiger partial charge on any atom is -0.480 e. The third-order valence-electron chi connectivity index (χ3n) is 3.52. The van der Waals surface area contributed by atoms with E-state index in [9.17, 15) is 18.0 Å². The summed E-state index contributed by atoms with van der Waals surface area (Å²) in [6.45, 7) is 7.12. The number of rotatable bonds is 6. The molecular formula is C13H23F3N2O3. The summed E-state index contributed by atoms with van der Waals surface area (Å²) in [7, 11) is 0. The predicted molar refractivity (Wildman–Crippen MR) is 71.1 cm³/mol. The normalized spacial score (nSPS) is 24.0. The maximum absolute atomic E-state index is 12.9. The molecule has 0 aliphatic carbocycles. The van der Waals surface area contributed by atoms with Crippen molar-refractivity contribution in [3.63, 3.8) is 0 Å². The highest BCUT2D eigenvalue weighted by atomic mass is 19.4. The highest BCUT2D eigenvalue weighted by Crippen LogP contribution is 2.30. The van der Waals surface area contributed by atoms with Crippen LogP contribution in [0.3, 0.4) is 0 Å². The van der Waals surface area contributed by atoms with Crippen LogP contribution in [0.5, 0.6) is 0 Å². The Hall–Kier alpha value is -0.860. The molecule has 0 spiro atoms. The Kier molecular flexibility index (Phi) is 6.01. The molecule has 0 bridgehead atoms. The van der Waals surface area contributed by atoms with E-state index in [4.69, 9.17) is 9.84 Å². The van der Waals surface area contributed by atoms with Crippen molar-refractivity contribution in [1.29, 1.82) is 0 Å². The molecular weight excluding hydrogens is 289 g/mol. The summed E-state index contributed by atoms with van der Waals surface area (Å²) >= 11 is 0. The van der Waals surface area contributed by atoms with Crippen LogP contribution in [0.1, 0.15) is 20.8 Å². The van der Waals surface area contributed by atoms with E-state index >= 15 is 0 Å². The summed E-state index contributed by atoms with van der Waals surface area (Å²) in [6, 6.07) is 0. The Morgan fingerprint density at radius 2 is 2.10 bits per heavy atom. The van der Waals surface area contributed by atoms with Crippen LogP contribution < -0.4 is 5.32 Å². The van der Waals surface area contributed by atoms with E-state index in [-0.39, 0.29) is 6.54 Å². The van der Waals surface area contributed by atoms with Gasteiger partial charge in [-0.05, 0) is 12.8 Å². The standard InChI is InChI=1S/C13H23F3N2O3/c1-9(2)7-18-4-5-21-10(8-18)6-17-12(3,11(19)20)13(14,15)16/h9-10,17H,4-8H2,1-3H3,(H,19,20). The lowest BCUT2D eigenvalue weighted by Gasteiger charge is -2.36. The number of carbonyl (C=O) groups is 1. The quantitative estimate of drug-likeness (QED) is 0.775. The highest BCUT2D eigenvalue weighted by molar-refractivity contribution is 5.79. The molecule has 0 aromatic heterocycles. The largest absolute Gasteiger partial charge is 0.480 e. The third-order valence-corrected chi connectivity index (χ3v) is 3.52. The fourth-order valence-corrected chi connectivity index (χ4v) is 2.20. The number of aliphatic carboxylic acids is 1. The van der Waals surface area contributed by atoms with Crippen molar-refractivity contribution in [3.8, 4) is 0 Å². The van der Waals surface area contributed by atoms with E-state index in [0.717, 1.165) is 13.1 Å². The van der Waals surface area contributed by atoms with Crippen molar-refractivity contribution in [1.82, 2.24) is 10.2 Å². The number of alkyl halides is 3. The first-order valence-corrected chi connectivity index (χ1v) is 6.95. The minimum atomic E-state index is -4.87. The second-order valence-electron chi connectivity index (χ2n) is 5.96. The van der Waals surface area contributed by atoms with Gasteiger partial charge in [-0.15, -0.1) is 0 Å². The molecule has 0 radical (unpaired) electrons. The van der Waals surface area contributed by atoms with Gasteiger partial charge < -0.3 is 9.84 Å². The van der Waals surface area contributed by atoms with Crippen molar-refractivity contribution in [2.75, 3.05) is 32.8 Å². The molecule has 1 heterocycles. The van der Waals surface area contributed by atoms with Gasteiger partial charge in [-0.1, -0.05) is 13.8 Å². The Balaban J connectivity index is 2.58. The summed E-state index contributed by atoms with van der Waals surface area (Å²) in [5, 5.41) is 10.9. The Labute approximate surface area is 122 Å². The van der Waals surface area contributed by atoms with Gasteiger partial charge in [-0.25, -0.2) is 4.79 Å². The zero-order valence-electron chi connectivity index (χ0n) is 12.5. The lowest BCUT2D eigenvalue weighted by atomic mass is 10.0. The second-order valence-corrected chi connectivity index (χ2v) is 5.96. The van der Waals surface area contributed by atoms with Crippen molar-refractivity contribution in [2.45, 2.75) is 38.6 Å². The predicted octanol–water partition coefficient (Wildman–Crippen LogP) is 1.34. The van der Waals surface area contributed by atoms with Gasteiger partial charge in [0.05, 0.1) is 12.7 Å². The van der Waals surface area contributed by atoms with Gasteiger partial charge in [-0.3, -0.25) is 10.2 Å². The average molecular weight is 312 g/mol. The number of halogens is 3. The monoisotopic (exact) mass is 312 g/mol. The fraction of sp³-hybridized carbons (Fsp3) is 0.923. The van der Waals surface area contributed by atoms with E-state index < -0.39 is 23.8 Å². The van der Waals surface area contributed by atoms with Crippen LogP contribution in [0.15, 0.2) is 0 Å². The first kappa shape index (κ1) is 18.2. The Morgan fingerprint density at radius 3 is 2.57 bits per heavy atom. The molecule has 21 heavy (non-hydrogen) atoms. The van der Waals surface area contributed by atoms with Gasteiger partial charge in [0, 0.05) is 26.2 Å². The summed E-state index contributed by atoms with van der Waals surface area (Å²) < 4.78 is 44.0. The molecule has 0 aromatic rings. The molecule has 2 N–H and O–H groups in total. The van der Waals surface area contributed by atoms with Crippen molar-refractivity contribution >= 4 is 5.97 Å². The van der Waals surface area contributed by atoms with Gasteiger partial charge in [0.15, 0.2) is 0 Å². The molecule has 2 unspecified atom stereocenters. The number of carboxylic acid groups (broad SMARTS) is 1. The number of nitrogens with one attached hydrogen (secondary N) is 1. The maximum atomic E-state index is 12.9. The SMILES string of the molecule is CC(C)CN1CCOC(CNC(C)(C(=O)O)C(F)(F)F)C1. The minimum absolute atomic E-state index is 0.156. The zero-order valence-corrected chi connectivity index (χ0v) is 12.5. The number of morpholine rings is 1. The maximum Gasteiger partial charge on any atom is 0.417 e. The van der Waals surface area contributed by atoms with Crippen LogP contribution in [0.25, 0.3) is 0 Å². The Bertz CT molecular complexity index is 363. The zero-order chi connectivity index (χ0) is 16.3. The lowest BCUT2D eigenvalue weighted by molar-refractivity contribution is -0.207. The van der Waals surface area contributed by atoms with Crippen molar-refractivity contribution < 1.29 is 27.8 Å². The molecule has 1 fully saturated rings. The summed E-state index contributed by atoms with van der Waals surface area (Å²) in [5.41, 5.74) is -2.96. The lowest BCUT2D eigenvalue weighted by Crippen LogP contribution is -2.62. The molecule has 0 aromatic carbocycles. The molecule has 124 valence electrons. The van der Waals surface area contributed by atoms with E-state index in [2.05, 4.69) is 24.1 Å². The number of hydrogen-bond donors (Lipinski definition) is 2. The first-order chi connectivity index (χ1) is 9.56. The number of nitrogens with zero attached hydrogens (tertiary/aromatic N) is 1. The summed E-state index contributed by atoms with van der Waals surface area (Å²) in [6.07, 6.45) is -5.32. The smallest absolute Gasteiger partial charge is 0.417 e. The van der Waals surface area contributed by atoms with Crippen LogP contribution in [0, 0.1) is 5.92 Å². The van der Waals surface area contributed by atoms with Crippen LogP contribution in [0.2, 0.25) is 0 Å². The van der Waals surface area contributed by atoms with Gasteiger partial charge in [0.1, 0.15) is 0 Å². The number of hydrogen-bond acceptors (Lipinski definition) is 4. The van der Waals surface area contributed by atoms with Crippen molar-refractivity contribution in [3.05, 3.63) is 0 Å². The molecule has 8 heteroatoms. The number of carboxylic acids is 1. The van der Waals surface area contributed by atoms with E-state index in [1.165, 1.54) is 0 Å². The molecule has 1 aliphatic heterocycles. The summed E-state index contributed by atoms with van der Waals surface area (Å²) in [4.78, 5) is 13.0. The van der Waals surface area contributed by atoms with Gasteiger partial charge in [-0.2, -0.15) is 13.2 Å². The van der Waals surface area contributed by atoms with E-state index in [1.54, 1.807) is 0 Å². The fourth-order valence-electron chi connectivity index (χ4n) is 2.20. The molecule has 2 atom stereocenters. The molecule has 5 nitrogen and oxygen atoms in total. The van der Waals surface area contributed by atoms with Gasteiger partial charge in [0.2, 0.25) is 5.54 Å². The highest BCUT2D eigenvalue weighted by Gasteiger charge is 2.57. The van der Waals surface area contributed by atoms with Crippen LogP contribution in [0.4, 0.5) is 13.2 Å². The Morgan fingerprint density at radius 1 is 1.48 bits per heavy atom. The topological polar surface area (TPSA) is 61.8 Å². The van der Waals surface area contributed by atoms with Crippen LogP contribution in [-0.4, -0.2) is 66.6 Å². The van der Waals surface area contributed by atoms with Gasteiger partial charge >= 0.3 is 12.1 Å². The van der Waals surface area contributed by atoms with E-state index in [1.807, 2.05) is 0 Å². The first-order valence-electron chi connectivity index (χ1n) is 6.95. The molecule has 1 saturated heterocycles. The molecule has 1 rings (SSSR count). The third kappa shape index (κ3) is 4.82. The second kappa shape index (κ2) is 6.93. The average Bonchev–Trinajstić information content (AvgIpc) is 2.34. The molecule has 0 saturated carbocycles. The van der Waals surface area contributed by atoms with Gasteiger partial charge in [0.25, 0.3) is 0 Å². The van der Waals surface area contributed by atoms with Crippen molar-refractivity contribution in [2.24, 2.45) is 5.92 Å². The molecule has 0 amide bonds. The van der Waals surface area contributed by atoms with Crippen LogP contribution in [-0.2, 0) is 9.53 Å².